The zero-order chi connectivity index (χ0) is 22.4. The van der Waals surface area contributed by atoms with Crippen molar-refractivity contribution in [3.8, 4) is 0 Å². The zero-order valence-electron chi connectivity index (χ0n) is 17.9. The topological polar surface area (TPSA) is 95.6 Å². The van der Waals surface area contributed by atoms with Crippen molar-refractivity contribution in [3.63, 3.8) is 0 Å². The molecule has 31 heavy (non-hydrogen) atoms. The van der Waals surface area contributed by atoms with Crippen LogP contribution in [0, 0.1) is 0 Å². The summed E-state index contributed by atoms with van der Waals surface area (Å²) in [5.74, 6) is -0.284. The van der Waals surface area contributed by atoms with Crippen molar-refractivity contribution in [1.29, 1.82) is 0 Å². The quantitative estimate of drug-likeness (QED) is 0.688. The number of benzene rings is 2. The molecule has 3 rings (SSSR count). The molecule has 1 saturated heterocycles. The molecule has 0 aliphatic carbocycles. The third-order valence-electron chi connectivity index (χ3n) is 5.09. The SMILES string of the molecule is CC(C)NS(=O)(=O)c1ccc(C(=O)NCc2cccc(C(=O)N3CCCCC3)c2)cc1. The van der Waals surface area contributed by atoms with E-state index in [4.69, 9.17) is 0 Å². The summed E-state index contributed by atoms with van der Waals surface area (Å²) in [5.41, 5.74) is 1.82. The molecule has 1 aliphatic rings. The average Bonchev–Trinajstić information content (AvgIpc) is 2.77. The van der Waals surface area contributed by atoms with E-state index in [0.717, 1.165) is 37.9 Å². The number of nitrogens with one attached hydrogen (secondary N) is 2. The summed E-state index contributed by atoms with van der Waals surface area (Å²) in [7, 11) is -3.60. The summed E-state index contributed by atoms with van der Waals surface area (Å²) in [5, 5.41) is 2.82. The van der Waals surface area contributed by atoms with Gasteiger partial charge in [-0.1, -0.05) is 12.1 Å². The highest BCUT2D eigenvalue weighted by molar-refractivity contribution is 7.89. The van der Waals surface area contributed by atoms with Crippen LogP contribution in [0.15, 0.2) is 53.4 Å². The van der Waals surface area contributed by atoms with Crippen molar-refractivity contribution in [2.24, 2.45) is 0 Å². The predicted octanol–water partition coefficient (Wildman–Crippen LogP) is 2.93. The molecule has 0 aromatic heterocycles. The first kappa shape index (κ1) is 23.0. The van der Waals surface area contributed by atoms with Crippen molar-refractivity contribution in [3.05, 3.63) is 65.2 Å². The Balaban J connectivity index is 1.61. The van der Waals surface area contributed by atoms with Gasteiger partial charge in [-0.2, -0.15) is 0 Å². The molecule has 1 aliphatic heterocycles. The second-order valence-electron chi connectivity index (χ2n) is 8.04. The van der Waals surface area contributed by atoms with Gasteiger partial charge in [0.25, 0.3) is 11.8 Å². The third kappa shape index (κ3) is 6.15. The number of piperidine rings is 1. The van der Waals surface area contributed by atoms with E-state index >= 15 is 0 Å². The molecule has 2 aromatic rings. The highest BCUT2D eigenvalue weighted by Gasteiger charge is 2.19. The number of amides is 2. The summed E-state index contributed by atoms with van der Waals surface area (Å²) in [6.45, 7) is 5.34. The molecule has 0 bridgehead atoms. The fourth-order valence-electron chi connectivity index (χ4n) is 3.54. The molecular weight excluding hydrogens is 414 g/mol. The highest BCUT2D eigenvalue weighted by atomic mass is 32.2. The van der Waals surface area contributed by atoms with Crippen LogP contribution in [0.5, 0.6) is 0 Å². The van der Waals surface area contributed by atoms with Crippen LogP contribution in [0.2, 0.25) is 0 Å². The molecule has 0 spiro atoms. The van der Waals surface area contributed by atoms with Gasteiger partial charge in [0.05, 0.1) is 4.90 Å². The number of carbonyl (C=O) groups is 2. The van der Waals surface area contributed by atoms with E-state index in [1.165, 1.54) is 24.3 Å². The second-order valence-corrected chi connectivity index (χ2v) is 9.75. The molecule has 0 atom stereocenters. The lowest BCUT2D eigenvalue weighted by Crippen LogP contribution is -2.35. The second kappa shape index (κ2) is 10.1. The largest absolute Gasteiger partial charge is 0.348 e. The lowest BCUT2D eigenvalue weighted by molar-refractivity contribution is 0.0724. The van der Waals surface area contributed by atoms with Crippen molar-refractivity contribution in [2.45, 2.75) is 50.6 Å². The van der Waals surface area contributed by atoms with Crippen molar-refractivity contribution in [2.75, 3.05) is 13.1 Å². The first-order chi connectivity index (χ1) is 14.8. The zero-order valence-corrected chi connectivity index (χ0v) is 18.7. The number of nitrogens with zero attached hydrogens (tertiary/aromatic N) is 1. The van der Waals surface area contributed by atoms with Crippen LogP contribution in [0.3, 0.4) is 0 Å². The van der Waals surface area contributed by atoms with Crippen LogP contribution < -0.4 is 10.0 Å². The van der Waals surface area contributed by atoms with E-state index in [2.05, 4.69) is 10.0 Å². The summed E-state index contributed by atoms with van der Waals surface area (Å²) in [6, 6.07) is 12.9. The van der Waals surface area contributed by atoms with Crippen LogP contribution in [-0.4, -0.2) is 44.3 Å². The molecule has 2 N–H and O–H groups in total. The number of hydrogen-bond donors (Lipinski definition) is 2. The van der Waals surface area contributed by atoms with E-state index in [9.17, 15) is 18.0 Å². The Hall–Kier alpha value is -2.71. The molecule has 166 valence electrons. The van der Waals surface area contributed by atoms with Gasteiger partial charge in [-0.05, 0) is 75.1 Å². The fourth-order valence-corrected chi connectivity index (χ4v) is 4.79. The summed E-state index contributed by atoms with van der Waals surface area (Å²) in [6.07, 6.45) is 3.24. The van der Waals surface area contributed by atoms with Crippen LogP contribution in [-0.2, 0) is 16.6 Å². The Labute approximate surface area is 183 Å². The van der Waals surface area contributed by atoms with Gasteiger partial charge in [0.15, 0.2) is 0 Å². The highest BCUT2D eigenvalue weighted by Crippen LogP contribution is 2.15. The lowest BCUT2D eigenvalue weighted by Gasteiger charge is -2.26. The van der Waals surface area contributed by atoms with Gasteiger partial charge in [0.2, 0.25) is 10.0 Å². The summed E-state index contributed by atoms with van der Waals surface area (Å²) < 4.78 is 26.9. The number of rotatable bonds is 7. The first-order valence-electron chi connectivity index (χ1n) is 10.5. The fraction of sp³-hybridized carbons (Fsp3) is 0.391. The normalized spacial score (nSPS) is 14.5. The summed E-state index contributed by atoms with van der Waals surface area (Å²) >= 11 is 0. The van der Waals surface area contributed by atoms with Crippen LogP contribution in [0.25, 0.3) is 0 Å². The van der Waals surface area contributed by atoms with Crippen molar-refractivity contribution < 1.29 is 18.0 Å². The van der Waals surface area contributed by atoms with Gasteiger partial charge < -0.3 is 10.2 Å². The number of carbonyl (C=O) groups excluding carboxylic acids is 2. The van der Waals surface area contributed by atoms with Gasteiger partial charge in [0, 0.05) is 36.8 Å². The van der Waals surface area contributed by atoms with Gasteiger partial charge in [-0.15, -0.1) is 0 Å². The Morgan fingerprint density at radius 3 is 2.29 bits per heavy atom. The Kier molecular flexibility index (Phi) is 7.46. The molecule has 0 radical (unpaired) electrons. The van der Waals surface area contributed by atoms with Gasteiger partial charge in [-0.3, -0.25) is 9.59 Å². The van der Waals surface area contributed by atoms with E-state index in [1.54, 1.807) is 19.9 Å². The van der Waals surface area contributed by atoms with E-state index < -0.39 is 10.0 Å². The Bertz CT molecular complexity index is 1030. The first-order valence-corrected chi connectivity index (χ1v) is 12.0. The molecule has 1 fully saturated rings. The molecular formula is C23H29N3O4S. The minimum atomic E-state index is -3.60. The predicted molar refractivity (Wildman–Crippen MR) is 119 cm³/mol. The standard InChI is InChI=1S/C23H29N3O4S/c1-17(2)25-31(29,30)21-11-9-19(10-12-21)22(27)24-16-18-7-6-8-20(15-18)23(28)26-13-4-3-5-14-26/h6-12,15,17,25H,3-5,13-14,16H2,1-2H3,(H,24,27). The van der Waals surface area contributed by atoms with E-state index in [-0.39, 0.29) is 29.3 Å². The van der Waals surface area contributed by atoms with E-state index in [0.29, 0.717) is 11.1 Å². The molecule has 1 heterocycles. The van der Waals surface area contributed by atoms with Gasteiger partial charge in [-0.25, -0.2) is 13.1 Å². The molecule has 2 aromatic carbocycles. The molecule has 7 nitrogen and oxygen atoms in total. The number of likely N-dealkylation sites (tertiary alicyclic amines) is 1. The van der Waals surface area contributed by atoms with Crippen LogP contribution in [0.1, 0.15) is 59.4 Å². The molecule has 2 amide bonds. The smallest absolute Gasteiger partial charge is 0.253 e. The molecule has 8 heteroatoms. The Morgan fingerprint density at radius 2 is 1.65 bits per heavy atom. The third-order valence-corrected chi connectivity index (χ3v) is 6.76. The van der Waals surface area contributed by atoms with Gasteiger partial charge in [0.1, 0.15) is 0 Å². The maximum atomic E-state index is 12.7. The van der Waals surface area contributed by atoms with Crippen LogP contribution >= 0.6 is 0 Å². The Morgan fingerprint density at radius 1 is 0.968 bits per heavy atom. The van der Waals surface area contributed by atoms with Crippen molar-refractivity contribution >= 4 is 21.8 Å². The minimum absolute atomic E-state index is 0.0275. The number of sulfonamides is 1. The average molecular weight is 444 g/mol. The number of hydrogen-bond acceptors (Lipinski definition) is 4. The monoisotopic (exact) mass is 443 g/mol. The van der Waals surface area contributed by atoms with E-state index in [1.807, 2.05) is 23.1 Å². The minimum Gasteiger partial charge on any atom is -0.348 e. The maximum absolute atomic E-state index is 12.7. The lowest BCUT2D eigenvalue weighted by atomic mass is 10.1. The molecule has 0 unspecified atom stereocenters. The van der Waals surface area contributed by atoms with Crippen LogP contribution in [0.4, 0.5) is 0 Å². The van der Waals surface area contributed by atoms with Crippen molar-refractivity contribution in [1.82, 2.24) is 14.9 Å². The summed E-state index contributed by atoms with van der Waals surface area (Å²) in [4.78, 5) is 27.1. The molecule has 0 saturated carbocycles. The van der Waals surface area contributed by atoms with Gasteiger partial charge >= 0.3 is 0 Å². The maximum Gasteiger partial charge on any atom is 0.253 e.